The number of hydrogen-bond acceptors (Lipinski definition) is 5. The number of fused-ring (bicyclic) bond motifs is 1. The van der Waals surface area contributed by atoms with Gasteiger partial charge in [-0.15, -0.1) is 0 Å². The molecule has 1 atom stereocenters. The second-order valence-corrected chi connectivity index (χ2v) is 9.02. The number of methoxy groups -OCH3 is 3. The predicted molar refractivity (Wildman–Crippen MR) is 137 cm³/mol. The average Bonchev–Trinajstić information content (AvgIpc) is 3.39. The molecule has 8 heteroatoms. The lowest BCUT2D eigenvalue weighted by molar-refractivity contribution is -0.135. The second kappa shape index (κ2) is 10.8. The molecule has 0 unspecified atom stereocenters. The van der Waals surface area contributed by atoms with Crippen molar-refractivity contribution in [2.45, 2.75) is 32.5 Å². The van der Waals surface area contributed by atoms with Crippen LogP contribution in [-0.4, -0.2) is 66.6 Å². The summed E-state index contributed by atoms with van der Waals surface area (Å²) in [5.74, 6) is 1.39. The Balaban J connectivity index is 1.64. The highest BCUT2D eigenvalue weighted by Crippen LogP contribution is 2.34. The molecule has 1 aliphatic rings. The number of carbonyl (C=O) groups is 2. The molecule has 0 aliphatic carbocycles. The highest BCUT2D eigenvalue weighted by atomic mass is 16.5. The molecule has 1 aromatic heterocycles. The molecule has 1 aliphatic heterocycles. The molecule has 0 spiro atoms. The Bertz CT molecular complexity index is 1210. The molecule has 0 radical (unpaired) electrons. The van der Waals surface area contributed by atoms with Gasteiger partial charge in [-0.3, -0.25) is 9.59 Å². The Kier molecular flexibility index (Phi) is 7.52. The highest BCUT2D eigenvalue weighted by molar-refractivity contribution is 5.97. The first kappa shape index (κ1) is 25.2. The van der Waals surface area contributed by atoms with Crippen LogP contribution in [0.1, 0.15) is 41.5 Å². The van der Waals surface area contributed by atoms with Gasteiger partial charge in [-0.2, -0.15) is 0 Å². The van der Waals surface area contributed by atoms with E-state index >= 15 is 0 Å². The third-order valence-electron chi connectivity index (χ3n) is 6.56. The number of hydrogen-bond donors (Lipinski definition) is 0. The maximum Gasteiger partial charge on any atom is 0.254 e. The second-order valence-electron chi connectivity index (χ2n) is 9.02. The van der Waals surface area contributed by atoms with Crippen LogP contribution in [0.2, 0.25) is 0 Å². The zero-order chi connectivity index (χ0) is 25.8. The molecule has 0 bridgehead atoms. The van der Waals surface area contributed by atoms with Crippen LogP contribution in [0.4, 0.5) is 0 Å². The standard InChI is InChI=1S/C28H33N3O5/c1-19(2)31(28(33)21-15-23(35-4)17-24(16-21)36-5)18-26(32)30-13-12-29-11-7-10-25(29)27(30)20-8-6-9-22(14-20)34-3/h6-11,14-17,19,27H,12-13,18H2,1-5H3/t27-/m1/s1. The molecule has 190 valence electrons. The summed E-state index contributed by atoms with van der Waals surface area (Å²) in [4.78, 5) is 30.8. The number of amides is 2. The average molecular weight is 492 g/mol. The molecular weight excluding hydrogens is 458 g/mol. The molecule has 0 fully saturated rings. The summed E-state index contributed by atoms with van der Waals surface area (Å²) in [5, 5.41) is 0. The minimum atomic E-state index is -0.280. The van der Waals surface area contributed by atoms with Crippen molar-refractivity contribution in [3.8, 4) is 17.2 Å². The first-order valence-electron chi connectivity index (χ1n) is 12.0. The summed E-state index contributed by atoms with van der Waals surface area (Å²) in [5.41, 5.74) is 2.40. The number of benzene rings is 2. The maximum atomic E-state index is 13.8. The Labute approximate surface area is 212 Å². The van der Waals surface area contributed by atoms with Crippen molar-refractivity contribution in [2.24, 2.45) is 0 Å². The van der Waals surface area contributed by atoms with Gasteiger partial charge in [-0.25, -0.2) is 0 Å². The van der Waals surface area contributed by atoms with E-state index in [1.54, 1.807) is 30.2 Å². The Morgan fingerprint density at radius 2 is 1.61 bits per heavy atom. The minimum absolute atomic E-state index is 0.0444. The zero-order valence-corrected chi connectivity index (χ0v) is 21.4. The van der Waals surface area contributed by atoms with Gasteiger partial charge in [0.15, 0.2) is 0 Å². The summed E-state index contributed by atoms with van der Waals surface area (Å²) < 4.78 is 18.3. The van der Waals surface area contributed by atoms with Crippen LogP contribution in [0.15, 0.2) is 60.8 Å². The summed E-state index contributed by atoms with van der Waals surface area (Å²) in [6.07, 6.45) is 2.03. The first-order chi connectivity index (χ1) is 17.4. The van der Waals surface area contributed by atoms with Crippen LogP contribution < -0.4 is 14.2 Å². The third-order valence-corrected chi connectivity index (χ3v) is 6.56. The van der Waals surface area contributed by atoms with Gasteiger partial charge < -0.3 is 28.6 Å². The van der Waals surface area contributed by atoms with Gasteiger partial charge in [0.2, 0.25) is 5.91 Å². The molecular formula is C28H33N3O5. The van der Waals surface area contributed by atoms with Gasteiger partial charge in [0.1, 0.15) is 23.8 Å². The molecule has 3 aromatic rings. The van der Waals surface area contributed by atoms with Crippen LogP contribution >= 0.6 is 0 Å². The van der Waals surface area contributed by atoms with E-state index in [1.165, 1.54) is 14.2 Å². The van der Waals surface area contributed by atoms with E-state index < -0.39 is 0 Å². The van der Waals surface area contributed by atoms with Gasteiger partial charge in [0.25, 0.3) is 5.91 Å². The van der Waals surface area contributed by atoms with Crippen LogP contribution in [-0.2, 0) is 11.3 Å². The van der Waals surface area contributed by atoms with E-state index in [2.05, 4.69) is 4.57 Å². The van der Waals surface area contributed by atoms with Gasteiger partial charge in [0.05, 0.1) is 27.4 Å². The van der Waals surface area contributed by atoms with Crippen LogP contribution in [0, 0.1) is 0 Å². The lowest BCUT2D eigenvalue weighted by Crippen LogP contribution is -2.49. The maximum absolute atomic E-state index is 13.8. The number of nitrogens with zero attached hydrogens (tertiary/aromatic N) is 3. The van der Waals surface area contributed by atoms with Crippen molar-refractivity contribution >= 4 is 11.8 Å². The molecule has 0 N–H and O–H groups in total. The van der Waals surface area contributed by atoms with E-state index in [-0.39, 0.29) is 30.4 Å². The van der Waals surface area contributed by atoms with Crippen molar-refractivity contribution < 1.29 is 23.8 Å². The fraction of sp³-hybridized carbons (Fsp3) is 0.357. The van der Waals surface area contributed by atoms with E-state index in [4.69, 9.17) is 14.2 Å². The first-order valence-corrected chi connectivity index (χ1v) is 12.0. The van der Waals surface area contributed by atoms with Crippen molar-refractivity contribution in [3.63, 3.8) is 0 Å². The quantitative estimate of drug-likeness (QED) is 0.476. The molecule has 8 nitrogen and oxygen atoms in total. The fourth-order valence-corrected chi connectivity index (χ4v) is 4.64. The Morgan fingerprint density at radius 3 is 2.25 bits per heavy atom. The van der Waals surface area contributed by atoms with E-state index in [9.17, 15) is 9.59 Å². The molecule has 36 heavy (non-hydrogen) atoms. The molecule has 4 rings (SSSR count). The Hall–Kier alpha value is -3.94. The molecule has 0 saturated heterocycles. The van der Waals surface area contributed by atoms with Crippen molar-refractivity contribution in [3.05, 3.63) is 77.6 Å². The number of aromatic nitrogens is 1. The normalized spacial score (nSPS) is 14.8. The molecule has 0 saturated carbocycles. The molecule has 2 heterocycles. The zero-order valence-electron chi connectivity index (χ0n) is 21.4. The van der Waals surface area contributed by atoms with Crippen molar-refractivity contribution in [1.29, 1.82) is 0 Å². The summed E-state index contributed by atoms with van der Waals surface area (Å²) in [6, 6.07) is 16.4. The topological polar surface area (TPSA) is 73.2 Å². The Morgan fingerprint density at radius 1 is 0.917 bits per heavy atom. The summed E-state index contributed by atoms with van der Waals surface area (Å²) in [6.45, 7) is 5.00. The smallest absolute Gasteiger partial charge is 0.254 e. The summed E-state index contributed by atoms with van der Waals surface area (Å²) >= 11 is 0. The fourth-order valence-electron chi connectivity index (χ4n) is 4.64. The van der Waals surface area contributed by atoms with Gasteiger partial charge in [0, 0.05) is 42.7 Å². The van der Waals surface area contributed by atoms with E-state index in [1.807, 2.05) is 61.3 Å². The highest BCUT2D eigenvalue weighted by Gasteiger charge is 2.34. The molecule has 2 amide bonds. The van der Waals surface area contributed by atoms with Crippen LogP contribution in [0.5, 0.6) is 17.2 Å². The predicted octanol–water partition coefficient (Wildman–Crippen LogP) is 4.00. The third kappa shape index (κ3) is 5.03. The SMILES string of the molecule is COc1cc(OC)cc(C(=O)N(CC(=O)N2CCn3cccc3[C@H]2c2cccc(OC)c2)C(C)C)c1. The van der Waals surface area contributed by atoms with E-state index in [0.29, 0.717) is 30.2 Å². The largest absolute Gasteiger partial charge is 0.497 e. The van der Waals surface area contributed by atoms with Crippen molar-refractivity contribution in [1.82, 2.24) is 14.4 Å². The van der Waals surface area contributed by atoms with Gasteiger partial charge in [-0.1, -0.05) is 12.1 Å². The lowest BCUT2D eigenvalue weighted by Gasteiger charge is -2.39. The monoisotopic (exact) mass is 491 g/mol. The number of ether oxygens (including phenoxy) is 3. The van der Waals surface area contributed by atoms with Crippen molar-refractivity contribution in [2.75, 3.05) is 34.4 Å². The molecule has 2 aromatic carbocycles. The lowest BCUT2D eigenvalue weighted by atomic mass is 9.99. The summed E-state index contributed by atoms with van der Waals surface area (Å²) in [7, 11) is 4.71. The van der Waals surface area contributed by atoms with E-state index in [0.717, 1.165) is 17.0 Å². The van der Waals surface area contributed by atoms with Gasteiger partial charge in [-0.05, 0) is 55.8 Å². The number of carbonyl (C=O) groups excluding carboxylic acids is 2. The number of rotatable bonds is 8. The van der Waals surface area contributed by atoms with Gasteiger partial charge >= 0.3 is 0 Å². The van der Waals surface area contributed by atoms with Crippen LogP contribution in [0.3, 0.4) is 0 Å². The minimum Gasteiger partial charge on any atom is -0.497 e. The van der Waals surface area contributed by atoms with Crippen LogP contribution in [0.25, 0.3) is 0 Å².